The molecule has 0 radical (unpaired) electrons. The van der Waals surface area contributed by atoms with Crippen molar-refractivity contribution in [2.45, 2.75) is 213 Å². The Labute approximate surface area is 757 Å². The van der Waals surface area contributed by atoms with Crippen LogP contribution in [0.25, 0.3) is 104 Å². The largest absolute Gasteiger partial charge is 0.487 e. The Kier molecular flexibility index (Phi) is 21.6. The van der Waals surface area contributed by atoms with Gasteiger partial charge in [-0.15, -0.1) is 0 Å². The molecule has 128 heavy (non-hydrogen) atoms. The number of aryl methyl sites for hydroxylation is 3. The molecule has 642 valence electrons. The lowest BCUT2D eigenvalue weighted by molar-refractivity contribution is 0.345. The number of benzene rings is 12. The molecule has 2 atom stereocenters. The van der Waals surface area contributed by atoms with Gasteiger partial charge in [-0.05, 0) is 307 Å². The van der Waals surface area contributed by atoms with Crippen molar-refractivity contribution in [2.75, 3.05) is 6.61 Å². The minimum atomic E-state index is 0.476. The molecule has 0 bridgehead atoms. The Morgan fingerprint density at radius 3 is 0.953 bits per heavy atom. The summed E-state index contributed by atoms with van der Waals surface area (Å²) in [4.78, 5) is 39.3. The van der Waals surface area contributed by atoms with Crippen LogP contribution in [0.2, 0.25) is 0 Å². The summed E-state index contributed by atoms with van der Waals surface area (Å²) in [6.45, 7) is 36.5. The third kappa shape index (κ3) is 15.4. The molecule has 2 unspecified atom stereocenters. The Bertz CT molecular complexity index is 6860. The average Bonchev–Trinajstić information content (AvgIpc) is 1.34. The van der Waals surface area contributed by atoms with Gasteiger partial charge in [0.1, 0.15) is 12.4 Å². The molecule has 12 aliphatic rings. The lowest BCUT2D eigenvalue weighted by Gasteiger charge is -2.27. The fourth-order valence-electron chi connectivity index (χ4n) is 21.8. The van der Waals surface area contributed by atoms with E-state index in [1.807, 2.05) is 0 Å². The first-order valence-electron chi connectivity index (χ1n) is 48.1. The molecule has 12 aromatic rings. The zero-order valence-corrected chi connectivity index (χ0v) is 77.8. The molecule has 0 spiro atoms. The van der Waals surface area contributed by atoms with Crippen LogP contribution in [0.5, 0.6) is 5.75 Å². The molecule has 0 aromatic heterocycles. The SMILES string of the molecule is CC(C)C1=NC2=C(C1)c1ccc(-c3ccc4c(c3)CCC3=C4CC(C(C)C)=N3)cc1CC2.CC(C)C1=NC2=C(C1)c1ccc(-c3ccc4c5c(ccc4c3)N=C(C(C)C)C5)cc1OC2.CC(C)C1=Nc2ccc3cc(-c4ccc5c(c4)CCC4N=C(C(C)C)CC54)ccc3c2C1.CC(C)C1=Nc2ccc3cc(-c4ccc5c6c(ccc5c4)N=C(C(C)C)C6)ccc3c2C1. The van der Waals surface area contributed by atoms with Gasteiger partial charge in [-0.3, -0.25) is 39.9 Å². The van der Waals surface area contributed by atoms with Gasteiger partial charge in [0, 0.05) is 114 Å². The Hall–Kier alpha value is -11.9. The minimum absolute atomic E-state index is 0.476. The van der Waals surface area contributed by atoms with Crippen molar-refractivity contribution in [1.29, 1.82) is 0 Å². The van der Waals surface area contributed by atoms with Crippen LogP contribution in [0.15, 0.2) is 251 Å². The van der Waals surface area contributed by atoms with Crippen molar-refractivity contribution in [3.63, 3.8) is 0 Å². The van der Waals surface area contributed by atoms with E-state index in [9.17, 15) is 0 Å². The predicted molar refractivity (Wildman–Crippen MR) is 545 cm³/mol. The van der Waals surface area contributed by atoms with Crippen LogP contribution in [-0.4, -0.2) is 58.3 Å². The van der Waals surface area contributed by atoms with Gasteiger partial charge in [0.05, 0.1) is 34.5 Å². The lowest BCUT2D eigenvalue weighted by atomic mass is 9.77. The second-order valence-corrected chi connectivity index (χ2v) is 40.7. The number of allylic oxidation sites excluding steroid dienone is 5. The molecular formula is C119H120N8O. The highest BCUT2D eigenvalue weighted by molar-refractivity contribution is 6.10. The van der Waals surface area contributed by atoms with Gasteiger partial charge in [-0.25, -0.2) is 0 Å². The molecule has 0 amide bonds. The molecule has 9 heterocycles. The summed E-state index contributed by atoms with van der Waals surface area (Å²) in [7, 11) is 0. The van der Waals surface area contributed by atoms with Crippen molar-refractivity contribution in [3.8, 4) is 50.3 Å². The van der Waals surface area contributed by atoms with E-state index in [1.165, 1.54) is 223 Å². The summed E-state index contributed by atoms with van der Waals surface area (Å²) in [6, 6.07) is 73.8. The molecule has 0 saturated heterocycles. The number of fused-ring (bicyclic) bond motifs is 21. The van der Waals surface area contributed by atoms with Crippen LogP contribution in [0, 0.1) is 47.3 Å². The Balaban J connectivity index is 0.000000104. The zero-order valence-electron chi connectivity index (χ0n) is 77.8. The number of ether oxygens (including phenoxy) is 1. The number of aliphatic imine (C=N–C) groups is 8. The van der Waals surface area contributed by atoms with E-state index < -0.39 is 0 Å². The third-order valence-corrected chi connectivity index (χ3v) is 29.8. The Morgan fingerprint density at radius 2 is 0.578 bits per heavy atom. The molecule has 0 saturated carbocycles. The highest BCUT2D eigenvalue weighted by Crippen LogP contribution is 2.50. The van der Waals surface area contributed by atoms with Crippen molar-refractivity contribution in [2.24, 2.45) is 87.3 Å². The van der Waals surface area contributed by atoms with Crippen molar-refractivity contribution in [1.82, 2.24) is 0 Å². The first kappa shape index (κ1) is 83.0. The normalized spacial score (nSPS) is 18.1. The second kappa shape index (κ2) is 33.3. The summed E-state index contributed by atoms with van der Waals surface area (Å²) >= 11 is 0. The highest BCUT2D eigenvalue weighted by atomic mass is 16.5. The molecular weight excluding hydrogens is 1560 g/mol. The molecule has 12 aromatic carbocycles. The quantitative estimate of drug-likeness (QED) is 0.119. The van der Waals surface area contributed by atoms with E-state index in [4.69, 9.17) is 44.7 Å². The van der Waals surface area contributed by atoms with Crippen LogP contribution >= 0.6 is 0 Å². The van der Waals surface area contributed by atoms with Crippen molar-refractivity contribution < 1.29 is 4.74 Å². The molecule has 0 fully saturated rings. The van der Waals surface area contributed by atoms with Gasteiger partial charge in [-0.2, -0.15) is 0 Å². The van der Waals surface area contributed by atoms with E-state index in [2.05, 4.69) is 305 Å². The third-order valence-electron chi connectivity index (χ3n) is 29.8. The van der Waals surface area contributed by atoms with Crippen LogP contribution in [0.1, 0.15) is 223 Å². The maximum atomic E-state index is 6.13. The molecule has 0 N–H and O–H groups in total. The predicted octanol–water partition coefficient (Wildman–Crippen LogP) is 31.0. The van der Waals surface area contributed by atoms with Crippen LogP contribution in [0.3, 0.4) is 0 Å². The van der Waals surface area contributed by atoms with E-state index in [0.717, 1.165) is 118 Å². The van der Waals surface area contributed by atoms with Crippen molar-refractivity contribution in [3.05, 3.63) is 272 Å². The first-order chi connectivity index (χ1) is 61.9. The first-order valence-corrected chi connectivity index (χ1v) is 48.1. The van der Waals surface area contributed by atoms with Crippen LogP contribution in [0.4, 0.5) is 22.7 Å². The Morgan fingerprint density at radius 1 is 0.266 bits per heavy atom. The molecule has 9 aliphatic heterocycles. The molecule has 3 aliphatic carbocycles. The monoisotopic (exact) mass is 1680 g/mol. The minimum Gasteiger partial charge on any atom is -0.487 e. The van der Waals surface area contributed by atoms with E-state index in [0.29, 0.717) is 65.9 Å². The van der Waals surface area contributed by atoms with Crippen LogP contribution in [-0.2, 0) is 44.9 Å². The second-order valence-electron chi connectivity index (χ2n) is 40.7. The topological polar surface area (TPSA) is 108 Å². The van der Waals surface area contributed by atoms with E-state index in [1.54, 1.807) is 5.56 Å². The number of hydrogen-bond acceptors (Lipinski definition) is 9. The van der Waals surface area contributed by atoms with Gasteiger partial charge >= 0.3 is 0 Å². The maximum Gasteiger partial charge on any atom is 0.131 e. The molecule has 24 rings (SSSR count). The van der Waals surface area contributed by atoms with Gasteiger partial charge in [0.2, 0.25) is 0 Å². The summed E-state index contributed by atoms with van der Waals surface area (Å²) in [5.41, 5.74) is 49.2. The molecule has 9 heteroatoms. The maximum absolute atomic E-state index is 6.13. The standard InChI is InChI=1S/2C30H32N2.C30H28N2.C29H28N2O/c3*1-17(2)29-15-25-23-9-5-19(13-21(23)7-11-27(25)31-29)20-6-10-24-22(14-20)8-12-28-26(24)16-30(32-28)18(3)4;1-16(2)26-13-23-21-8-5-18(11-20(21)7-10-25(23)30-26)19-6-9-22-24-14-27(17(3)4)31-28(24)15-32-29(22)12-19/h5-6,9-10,13-14,17-18H,7-8,11-12,15-16H2,1-4H3;5-7,9-11,13-14,17-18,26,28H,8,12,15-16H2,1-4H3;5-14,17-18H,15-16H2,1-4H3;5-12,16-17H,13-15H2,1-4H3. The lowest BCUT2D eigenvalue weighted by Crippen LogP contribution is -2.20. The zero-order chi connectivity index (χ0) is 87.9. The highest BCUT2D eigenvalue weighted by Gasteiger charge is 2.37. The number of nitrogens with zero attached hydrogens (tertiary/aromatic N) is 8. The fraction of sp³-hybridized carbons (Fsp3) is 0.345. The van der Waals surface area contributed by atoms with Crippen LogP contribution < -0.4 is 4.74 Å². The molecule has 9 nitrogen and oxygen atoms in total. The summed E-state index contributed by atoms with van der Waals surface area (Å²) in [5.74, 6) is 5.69. The van der Waals surface area contributed by atoms with Gasteiger partial charge in [0.15, 0.2) is 0 Å². The van der Waals surface area contributed by atoms with Gasteiger partial charge < -0.3 is 4.74 Å². The van der Waals surface area contributed by atoms with E-state index >= 15 is 0 Å². The fourth-order valence-corrected chi connectivity index (χ4v) is 21.8. The smallest absolute Gasteiger partial charge is 0.131 e. The summed E-state index contributed by atoms with van der Waals surface area (Å²) in [6.07, 6.45) is 14.8. The van der Waals surface area contributed by atoms with Gasteiger partial charge in [-0.1, -0.05) is 250 Å². The van der Waals surface area contributed by atoms with E-state index in [-0.39, 0.29) is 0 Å². The average molecular weight is 1680 g/mol. The van der Waals surface area contributed by atoms with Gasteiger partial charge in [0.25, 0.3) is 0 Å². The van der Waals surface area contributed by atoms with Crippen molar-refractivity contribution >= 4 is 128 Å². The summed E-state index contributed by atoms with van der Waals surface area (Å²) < 4.78 is 6.13. The number of hydrogen-bond donors (Lipinski definition) is 0. The number of rotatable bonds is 12. The summed E-state index contributed by atoms with van der Waals surface area (Å²) in [5, 5.41) is 10.5.